The predicted octanol–water partition coefficient (Wildman–Crippen LogP) is 3.13. The molecule has 0 saturated heterocycles. The third-order valence-corrected chi connectivity index (χ3v) is 3.35. The maximum Gasteiger partial charge on any atom is 0.0992 e. The van der Waals surface area contributed by atoms with E-state index in [-0.39, 0.29) is 0 Å². The second-order valence-electron chi connectivity index (χ2n) is 4.50. The molecule has 3 heteroatoms. The highest BCUT2D eigenvalue weighted by Gasteiger charge is 2.05. The zero-order valence-corrected chi connectivity index (χ0v) is 11.0. The highest BCUT2D eigenvalue weighted by molar-refractivity contribution is 5.49. The van der Waals surface area contributed by atoms with Crippen LogP contribution < -0.4 is 5.32 Å². The number of aryl methyl sites for hydroxylation is 1. The van der Waals surface area contributed by atoms with Crippen molar-refractivity contribution in [1.82, 2.24) is 4.57 Å². The van der Waals surface area contributed by atoms with Gasteiger partial charge in [0.1, 0.15) is 0 Å². The fourth-order valence-corrected chi connectivity index (χ4v) is 2.01. The van der Waals surface area contributed by atoms with Crippen molar-refractivity contribution in [2.24, 2.45) is 7.05 Å². The van der Waals surface area contributed by atoms with Gasteiger partial charge in [-0.25, -0.2) is 0 Å². The molecular formula is C15H17N3. The lowest BCUT2D eigenvalue weighted by Crippen LogP contribution is -2.01. The first-order valence-corrected chi connectivity index (χ1v) is 5.97. The molecular weight excluding hydrogens is 222 g/mol. The molecule has 0 aliphatic rings. The van der Waals surface area contributed by atoms with Crippen LogP contribution in [0.3, 0.4) is 0 Å². The largest absolute Gasteiger partial charge is 0.381 e. The van der Waals surface area contributed by atoms with Crippen LogP contribution in [0.2, 0.25) is 0 Å². The fourth-order valence-electron chi connectivity index (χ4n) is 2.01. The summed E-state index contributed by atoms with van der Waals surface area (Å²) in [4.78, 5) is 0. The van der Waals surface area contributed by atoms with E-state index in [4.69, 9.17) is 5.26 Å². The van der Waals surface area contributed by atoms with E-state index in [1.807, 2.05) is 24.3 Å². The van der Waals surface area contributed by atoms with Crippen LogP contribution in [0, 0.1) is 25.2 Å². The highest BCUT2D eigenvalue weighted by Crippen LogP contribution is 2.16. The van der Waals surface area contributed by atoms with Crippen LogP contribution in [0.4, 0.5) is 5.69 Å². The summed E-state index contributed by atoms with van der Waals surface area (Å²) in [7, 11) is 2.07. The Morgan fingerprint density at radius 3 is 2.67 bits per heavy atom. The molecule has 1 heterocycles. The monoisotopic (exact) mass is 239 g/mol. The van der Waals surface area contributed by atoms with Crippen molar-refractivity contribution in [1.29, 1.82) is 5.26 Å². The Morgan fingerprint density at radius 2 is 2.06 bits per heavy atom. The van der Waals surface area contributed by atoms with E-state index in [0.29, 0.717) is 5.56 Å². The smallest absolute Gasteiger partial charge is 0.0992 e. The van der Waals surface area contributed by atoms with Crippen molar-refractivity contribution >= 4 is 5.69 Å². The number of nitriles is 1. The van der Waals surface area contributed by atoms with Gasteiger partial charge in [0, 0.05) is 30.7 Å². The zero-order valence-electron chi connectivity index (χ0n) is 11.0. The minimum Gasteiger partial charge on any atom is -0.381 e. The molecule has 0 aliphatic carbocycles. The van der Waals surface area contributed by atoms with Crippen LogP contribution in [0.1, 0.15) is 22.5 Å². The molecule has 1 N–H and O–H groups in total. The molecule has 1 aromatic heterocycles. The van der Waals surface area contributed by atoms with E-state index in [1.165, 1.54) is 17.0 Å². The summed E-state index contributed by atoms with van der Waals surface area (Å²) in [5.41, 5.74) is 5.49. The average Bonchev–Trinajstić information content (AvgIpc) is 2.64. The fraction of sp³-hybridized carbons (Fsp3) is 0.267. The molecule has 0 amide bonds. The third-order valence-electron chi connectivity index (χ3n) is 3.35. The lowest BCUT2D eigenvalue weighted by Gasteiger charge is -2.07. The second kappa shape index (κ2) is 4.97. The second-order valence-corrected chi connectivity index (χ2v) is 4.50. The van der Waals surface area contributed by atoms with Gasteiger partial charge in [-0.15, -0.1) is 0 Å². The summed E-state index contributed by atoms with van der Waals surface area (Å²) < 4.78 is 2.18. The van der Waals surface area contributed by atoms with E-state index in [1.54, 1.807) is 0 Å². The SMILES string of the molecule is Cc1cc(CNc2cccc(C#N)c2)c(C)n1C. The molecule has 18 heavy (non-hydrogen) atoms. The molecule has 2 aromatic rings. The number of hydrogen-bond acceptors (Lipinski definition) is 2. The topological polar surface area (TPSA) is 40.8 Å². The van der Waals surface area contributed by atoms with Gasteiger partial charge in [-0.2, -0.15) is 5.26 Å². The van der Waals surface area contributed by atoms with Gasteiger partial charge in [0.05, 0.1) is 11.6 Å². The number of aromatic nitrogens is 1. The van der Waals surface area contributed by atoms with Crippen molar-refractivity contribution in [2.75, 3.05) is 5.32 Å². The molecule has 0 spiro atoms. The summed E-state index contributed by atoms with van der Waals surface area (Å²) in [5, 5.41) is 12.2. The average molecular weight is 239 g/mol. The van der Waals surface area contributed by atoms with Crippen LogP contribution in [0.15, 0.2) is 30.3 Å². The number of anilines is 1. The molecule has 3 nitrogen and oxygen atoms in total. The molecule has 0 saturated carbocycles. The molecule has 2 rings (SSSR count). The first-order chi connectivity index (χ1) is 8.61. The summed E-state index contributed by atoms with van der Waals surface area (Å²) in [6.45, 7) is 5.00. The Balaban J connectivity index is 2.12. The van der Waals surface area contributed by atoms with Crippen LogP contribution in [-0.2, 0) is 13.6 Å². The van der Waals surface area contributed by atoms with E-state index < -0.39 is 0 Å². The summed E-state index contributed by atoms with van der Waals surface area (Å²) in [6, 6.07) is 11.9. The van der Waals surface area contributed by atoms with Gasteiger partial charge in [0.2, 0.25) is 0 Å². The van der Waals surface area contributed by atoms with Crippen molar-refractivity contribution in [2.45, 2.75) is 20.4 Å². The van der Waals surface area contributed by atoms with Gasteiger partial charge in [0.25, 0.3) is 0 Å². The molecule has 0 radical (unpaired) electrons. The summed E-state index contributed by atoms with van der Waals surface area (Å²) in [6.07, 6.45) is 0. The first kappa shape index (κ1) is 12.3. The molecule has 0 aliphatic heterocycles. The molecule has 0 atom stereocenters. The summed E-state index contributed by atoms with van der Waals surface area (Å²) in [5.74, 6) is 0. The Kier molecular flexibility index (Phi) is 3.38. The Hall–Kier alpha value is -2.21. The number of benzene rings is 1. The lowest BCUT2D eigenvalue weighted by molar-refractivity contribution is 0.837. The van der Waals surface area contributed by atoms with Crippen molar-refractivity contribution in [3.05, 3.63) is 52.8 Å². The van der Waals surface area contributed by atoms with E-state index in [0.717, 1.165) is 12.2 Å². The Morgan fingerprint density at radius 1 is 1.28 bits per heavy atom. The molecule has 1 aromatic carbocycles. The van der Waals surface area contributed by atoms with Crippen molar-refractivity contribution in [3.63, 3.8) is 0 Å². The van der Waals surface area contributed by atoms with E-state index in [2.05, 4.69) is 42.9 Å². The number of rotatable bonds is 3. The van der Waals surface area contributed by atoms with Gasteiger partial charge in [-0.1, -0.05) is 6.07 Å². The number of hydrogen-bond donors (Lipinski definition) is 1. The van der Waals surface area contributed by atoms with Gasteiger partial charge < -0.3 is 9.88 Å². The summed E-state index contributed by atoms with van der Waals surface area (Å²) >= 11 is 0. The zero-order chi connectivity index (χ0) is 13.1. The van der Waals surface area contributed by atoms with Gasteiger partial charge >= 0.3 is 0 Å². The minimum absolute atomic E-state index is 0.681. The highest BCUT2D eigenvalue weighted by atomic mass is 15.0. The number of nitrogens with one attached hydrogen (secondary N) is 1. The third kappa shape index (κ3) is 2.38. The minimum atomic E-state index is 0.681. The Bertz CT molecular complexity index is 603. The van der Waals surface area contributed by atoms with Gasteiger partial charge in [0.15, 0.2) is 0 Å². The predicted molar refractivity (Wildman–Crippen MR) is 73.4 cm³/mol. The Labute approximate surface area is 108 Å². The molecule has 92 valence electrons. The van der Waals surface area contributed by atoms with Crippen LogP contribution >= 0.6 is 0 Å². The molecule has 0 unspecified atom stereocenters. The van der Waals surface area contributed by atoms with Crippen molar-refractivity contribution in [3.8, 4) is 6.07 Å². The molecule has 0 fully saturated rings. The normalized spacial score (nSPS) is 10.1. The van der Waals surface area contributed by atoms with E-state index >= 15 is 0 Å². The van der Waals surface area contributed by atoms with E-state index in [9.17, 15) is 0 Å². The van der Waals surface area contributed by atoms with Crippen LogP contribution in [0.25, 0.3) is 0 Å². The van der Waals surface area contributed by atoms with Gasteiger partial charge in [-0.3, -0.25) is 0 Å². The first-order valence-electron chi connectivity index (χ1n) is 5.97. The van der Waals surface area contributed by atoms with Crippen LogP contribution in [-0.4, -0.2) is 4.57 Å². The molecule has 0 bridgehead atoms. The quantitative estimate of drug-likeness (QED) is 0.894. The number of nitrogens with zero attached hydrogens (tertiary/aromatic N) is 2. The standard InChI is InChI=1S/C15H17N3/c1-11-7-14(12(2)18(11)3)10-17-15-6-4-5-13(8-15)9-16/h4-8,17H,10H2,1-3H3. The maximum absolute atomic E-state index is 8.85. The maximum atomic E-state index is 8.85. The lowest BCUT2D eigenvalue weighted by atomic mass is 10.2. The van der Waals surface area contributed by atoms with Crippen molar-refractivity contribution < 1.29 is 0 Å². The van der Waals surface area contributed by atoms with Gasteiger partial charge in [-0.05, 0) is 43.7 Å². The van der Waals surface area contributed by atoms with Crippen LogP contribution in [0.5, 0.6) is 0 Å².